The maximum atomic E-state index is 14.0. The number of piperidine rings is 2. The van der Waals surface area contributed by atoms with Crippen molar-refractivity contribution in [1.82, 2.24) is 29.8 Å². The van der Waals surface area contributed by atoms with Crippen molar-refractivity contribution < 1.29 is 32.7 Å². The Morgan fingerprint density at radius 2 is 1.69 bits per heavy atom. The van der Waals surface area contributed by atoms with E-state index in [1.807, 2.05) is 11.4 Å². The van der Waals surface area contributed by atoms with E-state index < -0.39 is 34.6 Å². The van der Waals surface area contributed by atoms with Gasteiger partial charge in [-0.25, -0.2) is 9.59 Å². The number of phenols is 1. The number of carbonyl (C=O) groups excluding carboxylic acids is 3. The predicted octanol–water partition coefficient (Wildman–Crippen LogP) is 4.50. The molecule has 6 rings (SSSR count). The first-order valence-electron chi connectivity index (χ1n) is 16.4. The number of phenolic OH excluding ortho intramolecular Hbond substituents is 1. The molecule has 1 aromatic heterocycles. The number of carbonyl (C=O) groups is 3. The van der Waals surface area contributed by atoms with Crippen molar-refractivity contribution in [2.45, 2.75) is 63.0 Å². The number of hydrogen-bond donors (Lipinski definition) is 3. The highest BCUT2D eigenvalue weighted by Crippen LogP contribution is 2.40. The molecule has 1 atom stereocenters. The zero-order valence-corrected chi connectivity index (χ0v) is 28.3. The fourth-order valence-electron chi connectivity index (χ4n) is 7.22. The molecule has 1 aromatic carbocycles. The largest absolute Gasteiger partial charge is 0.506 e. The molecule has 11 nitrogen and oxygen atoms in total. The van der Waals surface area contributed by atoms with E-state index in [1.165, 1.54) is 6.07 Å². The third-order valence-electron chi connectivity index (χ3n) is 10.0. The lowest BCUT2D eigenvalue weighted by Gasteiger charge is -2.43. The second-order valence-electron chi connectivity index (χ2n) is 13.1. The number of thiophene rings is 1. The van der Waals surface area contributed by atoms with Crippen molar-refractivity contribution in [3.63, 3.8) is 0 Å². The lowest BCUT2D eigenvalue weighted by Crippen LogP contribution is -2.59. The summed E-state index contributed by atoms with van der Waals surface area (Å²) in [5, 5.41) is 17.2. The highest BCUT2D eigenvalue weighted by molar-refractivity contribution is 7.10. The lowest BCUT2D eigenvalue weighted by atomic mass is 10.00. The summed E-state index contributed by atoms with van der Waals surface area (Å²) in [5.41, 5.74) is -0.404. The fourth-order valence-corrected chi connectivity index (χ4v) is 8.29. The topological polar surface area (TPSA) is 112 Å². The van der Waals surface area contributed by atoms with Crippen LogP contribution in [0.3, 0.4) is 0 Å². The first-order valence-corrected chi connectivity index (χ1v) is 17.6. The van der Waals surface area contributed by atoms with Crippen LogP contribution < -0.4 is 10.6 Å². The number of anilines is 1. The summed E-state index contributed by atoms with van der Waals surface area (Å²) < 4.78 is 41.1. The van der Waals surface area contributed by atoms with Crippen molar-refractivity contribution in [3.05, 3.63) is 44.6 Å². The molecule has 5 amide bonds. The predicted molar refractivity (Wildman–Crippen MR) is 176 cm³/mol. The van der Waals surface area contributed by atoms with Crippen LogP contribution in [0.2, 0.25) is 5.02 Å². The molecule has 3 saturated heterocycles. The lowest BCUT2D eigenvalue weighted by molar-refractivity contribution is -0.138. The summed E-state index contributed by atoms with van der Waals surface area (Å²) in [6, 6.07) is 2.41. The normalized spacial score (nSPS) is 21.2. The summed E-state index contributed by atoms with van der Waals surface area (Å²) >= 11 is 7.57. The Bertz CT molecular complexity index is 1500. The van der Waals surface area contributed by atoms with Gasteiger partial charge in [0, 0.05) is 62.7 Å². The number of nitrogens with zero attached hydrogens (tertiary/aromatic N) is 5. The Labute approximate surface area is 286 Å². The minimum absolute atomic E-state index is 0.0662. The minimum atomic E-state index is -4.86. The van der Waals surface area contributed by atoms with E-state index in [9.17, 15) is 32.7 Å². The van der Waals surface area contributed by atoms with Gasteiger partial charge in [0.2, 0.25) is 5.91 Å². The van der Waals surface area contributed by atoms with Gasteiger partial charge in [-0.3, -0.25) is 9.69 Å². The number of amides is 5. The Balaban J connectivity index is 1.13. The third kappa shape index (κ3) is 7.63. The van der Waals surface area contributed by atoms with Gasteiger partial charge in [0.15, 0.2) is 0 Å². The molecule has 5 heterocycles. The van der Waals surface area contributed by atoms with Crippen LogP contribution in [0.25, 0.3) is 0 Å². The number of likely N-dealkylation sites (tertiary alicyclic amines) is 2. The fraction of sp³-hybridized carbons (Fsp3) is 0.594. The Kier molecular flexibility index (Phi) is 10.3. The van der Waals surface area contributed by atoms with Crippen LogP contribution in [0.15, 0.2) is 23.6 Å². The number of benzene rings is 1. The van der Waals surface area contributed by atoms with Crippen LogP contribution in [0.1, 0.15) is 41.7 Å². The number of alkyl halides is 3. The smallest absolute Gasteiger partial charge is 0.420 e. The van der Waals surface area contributed by atoms with Gasteiger partial charge in [0.25, 0.3) is 0 Å². The number of hydrogen-bond acceptors (Lipinski definition) is 7. The second-order valence-corrected chi connectivity index (χ2v) is 14.5. The van der Waals surface area contributed by atoms with Crippen molar-refractivity contribution >= 4 is 46.6 Å². The summed E-state index contributed by atoms with van der Waals surface area (Å²) in [6.07, 6.45) is -1.90. The highest BCUT2D eigenvalue weighted by atomic mass is 35.5. The Hall–Kier alpha value is -3.27. The van der Waals surface area contributed by atoms with Crippen LogP contribution in [0.4, 0.5) is 28.4 Å². The number of aromatic hydroxyl groups is 1. The molecule has 3 N–H and O–H groups in total. The monoisotopic (exact) mass is 711 g/mol. The van der Waals surface area contributed by atoms with E-state index in [1.54, 1.807) is 26.0 Å². The van der Waals surface area contributed by atoms with Gasteiger partial charge in [-0.1, -0.05) is 11.6 Å². The molecule has 48 heavy (non-hydrogen) atoms. The number of piperazine rings is 1. The summed E-state index contributed by atoms with van der Waals surface area (Å²) in [4.78, 5) is 51.1. The standard InChI is InChI=1S/C32H41ClF3N7O4S/c1-39-7-2-21(3-8-39)40-11-13-41(14-12-40)29(45)26(18-20-16-23(32(34,35)36)28(44)24(33)17-20)38-30(46)42-9-4-22(5-10-42)43-19-27-25(6-15-48-27)37-31(43)47/h6,15-17,21-22,26,44H,2-5,7-14,18-19H2,1H3,(H,37,47)(H,38,46)/t26-/m1/s1. The van der Waals surface area contributed by atoms with Crippen molar-refractivity contribution in [2.75, 3.05) is 64.7 Å². The maximum Gasteiger partial charge on any atom is 0.420 e. The van der Waals surface area contributed by atoms with Gasteiger partial charge >= 0.3 is 18.2 Å². The van der Waals surface area contributed by atoms with E-state index in [0.29, 0.717) is 64.7 Å². The molecule has 4 aliphatic heterocycles. The van der Waals surface area contributed by atoms with Gasteiger partial charge in [0.05, 0.1) is 22.8 Å². The molecule has 0 unspecified atom stereocenters. The highest BCUT2D eigenvalue weighted by Gasteiger charge is 2.38. The minimum Gasteiger partial charge on any atom is -0.506 e. The van der Waals surface area contributed by atoms with E-state index in [-0.39, 0.29) is 30.0 Å². The van der Waals surface area contributed by atoms with E-state index in [4.69, 9.17) is 11.6 Å². The number of rotatable bonds is 6. The van der Waals surface area contributed by atoms with Gasteiger partial charge in [-0.2, -0.15) is 13.2 Å². The van der Waals surface area contributed by atoms with E-state index in [0.717, 1.165) is 42.6 Å². The first kappa shape index (κ1) is 34.6. The second kappa shape index (κ2) is 14.3. The average molecular weight is 712 g/mol. The van der Waals surface area contributed by atoms with Gasteiger partial charge in [-0.15, -0.1) is 11.3 Å². The van der Waals surface area contributed by atoms with Gasteiger partial charge in [0.1, 0.15) is 11.8 Å². The molecular weight excluding hydrogens is 671 g/mol. The van der Waals surface area contributed by atoms with Gasteiger partial charge in [-0.05, 0) is 75.0 Å². The van der Waals surface area contributed by atoms with Crippen LogP contribution in [-0.2, 0) is 23.9 Å². The van der Waals surface area contributed by atoms with Crippen molar-refractivity contribution in [1.29, 1.82) is 0 Å². The van der Waals surface area contributed by atoms with E-state index >= 15 is 0 Å². The zero-order chi connectivity index (χ0) is 34.2. The molecular formula is C32H41ClF3N7O4S. The molecule has 2 aromatic rings. The third-order valence-corrected chi connectivity index (χ3v) is 11.2. The number of fused-ring (bicyclic) bond motifs is 1. The number of halogens is 4. The molecule has 0 radical (unpaired) electrons. The van der Waals surface area contributed by atoms with Crippen molar-refractivity contribution in [2.24, 2.45) is 0 Å². The summed E-state index contributed by atoms with van der Waals surface area (Å²) in [6.45, 7) is 5.47. The molecule has 4 aliphatic rings. The zero-order valence-electron chi connectivity index (χ0n) is 26.8. The van der Waals surface area contributed by atoms with Crippen molar-refractivity contribution in [3.8, 4) is 5.75 Å². The molecule has 0 bridgehead atoms. The molecule has 16 heteroatoms. The molecule has 0 saturated carbocycles. The quantitative estimate of drug-likeness (QED) is 0.407. The van der Waals surface area contributed by atoms with E-state index in [2.05, 4.69) is 27.5 Å². The molecule has 262 valence electrons. The van der Waals surface area contributed by atoms with Crippen LogP contribution in [-0.4, -0.2) is 125 Å². The average Bonchev–Trinajstić information content (AvgIpc) is 3.52. The summed E-state index contributed by atoms with van der Waals surface area (Å²) in [7, 11) is 2.11. The Morgan fingerprint density at radius 3 is 2.35 bits per heavy atom. The number of urea groups is 2. The maximum absolute atomic E-state index is 14.0. The van der Waals surface area contributed by atoms with Crippen LogP contribution in [0, 0.1) is 0 Å². The first-order chi connectivity index (χ1) is 22.9. The number of nitrogens with one attached hydrogen (secondary N) is 2. The molecule has 0 spiro atoms. The van der Waals surface area contributed by atoms with Crippen LogP contribution >= 0.6 is 22.9 Å². The molecule has 0 aliphatic carbocycles. The summed E-state index contributed by atoms with van der Waals surface area (Å²) in [5.74, 6) is -1.46. The van der Waals surface area contributed by atoms with Crippen LogP contribution in [0.5, 0.6) is 5.75 Å². The Morgan fingerprint density at radius 1 is 1.02 bits per heavy atom. The SMILES string of the molecule is CN1CCC(N2CCN(C(=O)[C@@H](Cc3cc(Cl)c(O)c(C(F)(F)F)c3)NC(=O)N3CCC(N4Cc5sccc5NC4=O)CC3)CC2)CC1. The molecule has 3 fully saturated rings. The van der Waals surface area contributed by atoms with Gasteiger partial charge < -0.3 is 35.3 Å².